The molecule has 116 valence electrons. The first-order chi connectivity index (χ1) is 10.3. The van der Waals surface area contributed by atoms with Crippen LogP contribution < -0.4 is 5.32 Å². The van der Waals surface area contributed by atoms with Gasteiger partial charge in [0.05, 0.1) is 11.9 Å². The van der Waals surface area contributed by atoms with Gasteiger partial charge in [-0.25, -0.2) is 0 Å². The summed E-state index contributed by atoms with van der Waals surface area (Å²) in [6, 6.07) is 0. The molecule has 1 N–H and O–H groups in total. The second-order valence-corrected chi connectivity index (χ2v) is 5.88. The molecule has 0 spiro atoms. The van der Waals surface area contributed by atoms with E-state index in [0.29, 0.717) is 19.1 Å². The summed E-state index contributed by atoms with van der Waals surface area (Å²) in [4.78, 5) is 12.1. The summed E-state index contributed by atoms with van der Waals surface area (Å²) in [5.74, 6) is 0.777. The fraction of sp³-hybridized carbons (Fsp3) is 0.733. The molecule has 3 heterocycles. The summed E-state index contributed by atoms with van der Waals surface area (Å²) in [5.41, 5.74) is 0.790. The third kappa shape index (κ3) is 4.04. The monoisotopic (exact) mass is 293 g/mol. The molecule has 2 fully saturated rings. The molecule has 2 saturated heterocycles. The third-order valence-corrected chi connectivity index (χ3v) is 4.28. The van der Waals surface area contributed by atoms with Gasteiger partial charge in [-0.2, -0.15) is 5.10 Å². The lowest BCUT2D eigenvalue weighted by Crippen LogP contribution is -2.28. The van der Waals surface area contributed by atoms with Crippen molar-refractivity contribution in [3.63, 3.8) is 0 Å². The van der Waals surface area contributed by atoms with Gasteiger partial charge in [0.2, 0.25) is 5.91 Å². The Labute approximate surface area is 124 Å². The highest BCUT2D eigenvalue weighted by Crippen LogP contribution is 2.19. The third-order valence-electron chi connectivity index (χ3n) is 4.28. The van der Waals surface area contributed by atoms with Crippen LogP contribution in [0.2, 0.25) is 0 Å². The normalized spacial score (nSPS) is 21.3. The lowest BCUT2D eigenvalue weighted by Gasteiger charge is -2.21. The zero-order chi connectivity index (χ0) is 14.5. The quantitative estimate of drug-likeness (QED) is 0.917. The van der Waals surface area contributed by atoms with E-state index < -0.39 is 0 Å². The zero-order valence-electron chi connectivity index (χ0n) is 12.3. The Hall–Kier alpha value is -1.40. The molecule has 0 aromatic carbocycles. The maximum atomic E-state index is 12.1. The van der Waals surface area contributed by atoms with Gasteiger partial charge < -0.3 is 14.8 Å². The van der Waals surface area contributed by atoms with E-state index in [2.05, 4.69) is 10.4 Å². The highest BCUT2D eigenvalue weighted by Gasteiger charge is 2.22. The van der Waals surface area contributed by atoms with Crippen molar-refractivity contribution in [2.24, 2.45) is 11.8 Å². The molecule has 21 heavy (non-hydrogen) atoms. The van der Waals surface area contributed by atoms with Crippen LogP contribution in [0.15, 0.2) is 12.4 Å². The average Bonchev–Trinajstić information content (AvgIpc) is 2.96. The van der Waals surface area contributed by atoms with Crippen LogP contribution in [0.25, 0.3) is 0 Å². The Balaban J connectivity index is 1.50. The van der Waals surface area contributed by atoms with Crippen LogP contribution in [-0.2, 0) is 20.8 Å². The van der Waals surface area contributed by atoms with Crippen LogP contribution >= 0.6 is 0 Å². The van der Waals surface area contributed by atoms with Gasteiger partial charge in [-0.1, -0.05) is 0 Å². The van der Waals surface area contributed by atoms with Crippen LogP contribution in [0, 0.1) is 11.8 Å². The van der Waals surface area contributed by atoms with E-state index in [4.69, 9.17) is 9.47 Å². The lowest BCUT2D eigenvalue weighted by molar-refractivity contribution is -0.122. The molecule has 0 radical (unpaired) electrons. The number of aromatic nitrogens is 2. The summed E-state index contributed by atoms with van der Waals surface area (Å²) < 4.78 is 12.6. The standard InChI is InChI=1S/C15H23N3O3/c19-15(13-3-7-21-8-4-13)17-14-9-16-18(11-14)10-12-1-5-20-6-2-12/h9,11-13H,1-8,10H2,(H,17,19). The van der Waals surface area contributed by atoms with Gasteiger partial charge in [0.1, 0.15) is 0 Å². The topological polar surface area (TPSA) is 65.4 Å². The van der Waals surface area contributed by atoms with Crippen molar-refractivity contribution in [1.82, 2.24) is 9.78 Å². The van der Waals surface area contributed by atoms with Gasteiger partial charge in [0, 0.05) is 45.1 Å². The molecule has 0 bridgehead atoms. The van der Waals surface area contributed by atoms with Gasteiger partial charge in [0.15, 0.2) is 0 Å². The summed E-state index contributed by atoms with van der Waals surface area (Å²) in [7, 11) is 0. The lowest BCUT2D eigenvalue weighted by atomic mass is 9.99. The molecule has 0 saturated carbocycles. The van der Waals surface area contributed by atoms with Crippen LogP contribution in [0.3, 0.4) is 0 Å². The van der Waals surface area contributed by atoms with Gasteiger partial charge >= 0.3 is 0 Å². The smallest absolute Gasteiger partial charge is 0.227 e. The fourth-order valence-corrected chi connectivity index (χ4v) is 2.93. The van der Waals surface area contributed by atoms with Gasteiger partial charge in [-0.05, 0) is 31.6 Å². The van der Waals surface area contributed by atoms with E-state index in [-0.39, 0.29) is 11.8 Å². The molecule has 1 aromatic rings. The number of amides is 1. The summed E-state index contributed by atoms with van der Waals surface area (Å²) in [6.45, 7) is 3.96. The van der Waals surface area contributed by atoms with Crippen molar-refractivity contribution >= 4 is 11.6 Å². The predicted molar refractivity (Wildman–Crippen MR) is 77.9 cm³/mol. The van der Waals surface area contributed by atoms with Gasteiger partial charge in [-0.15, -0.1) is 0 Å². The highest BCUT2D eigenvalue weighted by atomic mass is 16.5. The molecule has 0 atom stereocenters. The zero-order valence-corrected chi connectivity index (χ0v) is 12.3. The maximum Gasteiger partial charge on any atom is 0.227 e. The molecular formula is C15H23N3O3. The molecular weight excluding hydrogens is 270 g/mol. The molecule has 6 nitrogen and oxygen atoms in total. The van der Waals surface area contributed by atoms with Crippen molar-refractivity contribution in [3.8, 4) is 0 Å². The maximum absolute atomic E-state index is 12.1. The van der Waals surface area contributed by atoms with Crippen LogP contribution in [0.4, 0.5) is 5.69 Å². The number of nitrogens with one attached hydrogen (secondary N) is 1. The molecule has 1 amide bonds. The van der Waals surface area contributed by atoms with Gasteiger partial charge in [-0.3, -0.25) is 9.48 Å². The second-order valence-electron chi connectivity index (χ2n) is 5.88. The van der Waals surface area contributed by atoms with E-state index in [1.165, 1.54) is 0 Å². The Morgan fingerprint density at radius 2 is 1.86 bits per heavy atom. The molecule has 0 aliphatic carbocycles. The first-order valence-corrected chi connectivity index (χ1v) is 7.80. The number of anilines is 1. The first kappa shape index (κ1) is 14.5. The minimum atomic E-state index is 0.0672. The molecule has 2 aliphatic rings. The predicted octanol–water partition coefficient (Wildman–Crippen LogP) is 1.67. The first-order valence-electron chi connectivity index (χ1n) is 7.80. The van der Waals surface area contributed by atoms with E-state index in [0.717, 1.165) is 51.1 Å². The Bertz CT molecular complexity index is 462. The minimum Gasteiger partial charge on any atom is -0.381 e. The van der Waals surface area contributed by atoms with Gasteiger partial charge in [0.25, 0.3) is 0 Å². The highest BCUT2D eigenvalue weighted by molar-refractivity contribution is 5.92. The van der Waals surface area contributed by atoms with E-state index in [9.17, 15) is 4.79 Å². The summed E-state index contributed by atoms with van der Waals surface area (Å²) in [6.07, 6.45) is 7.45. The largest absolute Gasteiger partial charge is 0.381 e. The van der Waals surface area contributed by atoms with Crippen LogP contribution in [-0.4, -0.2) is 42.1 Å². The number of hydrogen-bond donors (Lipinski definition) is 1. The van der Waals surface area contributed by atoms with Crippen molar-refractivity contribution < 1.29 is 14.3 Å². The van der Waals surface area contributed by atoms with Crippen molar-refractivity contribution in [2.45, 2.75) is 32.2 Å². The summed E-state index contributed by atoms with van der Waals surface area (Å²) >= 11 is 0. The SMILES string of the molecule is O=C(Nc1cnn(CC2CCOCC2)c1)C1CCOCC1. The average molecular weight is 293 g/mol. The number of carbonyl (C=O) groups is 1. The van der Waals surface area contributed by atoms with E-state index in [1.54, 1.807) is 6.20 Å². The van der Waals surface area contributed by atoms with Crippen molar-refractivity contribution in [1.29, 1.82) is 0 Å². The molecule has 6 heteroatoms. The number of nitrogens with zero attached hydrogens (tertiary/aromatic N) is 2. The molecule has 0 unspecified atom stereocenters. The molecule has 1 aromatic heterocycles. The second kappa shape index (κ2) is 7.04. The Morgan fingerprint density at radius 3 is 2.57 bits per heavy atom. The van der Waals surface area contributed by atoms with E-state index >= 15 is 0 Å². The van der Waals surface area contributed by atoms with Crippen molar-refractivity contribution in [2.75, 3.05) is 31.7 Å². The summed E-state index contributed by atoms with van der Waals surface area (Å²) in [5, 5.41) is 7.31. The van der Waals surface area contributed by atoms with Crippen LogP contribution in [0.1, 0.15) is 25.7 Å². The number of rotatable bonds is 4. The molecule has 2 aliphatic heterocycles. The Kier molecular flexibility index (Phi) is 4.87. The number of ether oxygens (including phenoxy) is 2. The van der Waals surface area contributed by atoms with Crippen molar-refractivity contribution in [3.05, 3.63) is 12.4 Å². The molecule has 3 rings (SSSR count). The van der Waals surface area contributed by atoms with Crippen LogP contribution in [0.5, 0.6) is 0 Å². The number of carbonyl (C=O) groups excluding carboxylic acids is 1. The Morgan fingerprint density at radius 1 is 1.19 bits per heavy atom. The number of hydrogen-bond acceptors (Lipinski definition) is 4. The fourth-order valence-electron chi connectivity index (χ4n) is 2.93. The van der Waals surface area contributed by atoms with E-state index in [1.807, 2.05) is 10.9 Å². The minimum absolute atomic E-state index is 0.0672.